The largest absolute Gasteiger partial charge is 0.355 e. The molecule has 13 heavy (non-hydrogen) atoms. The van der Waals surface area contributed by atoms with Gasteiger partial charge in [0, 0.05) is 32.1 Å². The predicted octanol–water partition coefficient (Wildman–Crippen LogP) is -0.536. The second kappa shape index (κ2) is 4.58. The first-order valence-electron chi connectivity index (χ1n) is 4.83. The van der Waals surface area contributed by atoms with Gasteiger partial charge in [-0.25, -0.2) is 0 Å². The summed E-state index contributed by atoms with van der Waals surface area (Å²) in [7, 11) is 0. The molecule has 1 aliphatic rings. The van der Waals surface area contributed by atoms with Crippen molar-refractivity contribution in [1.82, 2.24) is 16.0 Å². The second-order valence-electron chi connectivity index (χ2n) is 3.90. The first-order chi connectivity index (χ1) is 6.12. The number of hydrogen-bond acceptors (Lipinski definition) is 3. The first kappa shape index (κ1) is 10.5. The number of nitrogens with one attached hydrogen (secondary N) is 3. The Kier molecular flexibility index (Phi) is 3.69. The average Bonchev–Trinajstić information content (AvgIpc) is 2.47. The zero-order valence-electron chi connectivity index (χ0n) is 8.44. The Morgan fingerprint density at radius 3 is 2.85 bits per heavy atom. The van der Waals surface area contributed by atoms with Crippen molar-refractivity contribution < 1.29 is 4.79 Å². The molecule has 0 aliphatic carbocycles. The minimum absolute atomic E-state index is 0.0384. The van der Waals surface area contributed by atoms with Crippen molar-refractivity contribution in [3.05, 3.63) is 0 Å². The van der Waals surface area contributed by atoms with Gasteiger partial charge in [0.2, 0.25) is 5.91 Å². The quantitative estimate of drug-likeness (QED) is 0.516. The highest BCUT2D eigenvalue weighted by atomic mass is 16.1. The van der Waals surface area contributed by atoms with E-state index in [1.165, 1.54) is 0 Å². The fourth-order valence-electron chi connectivity index (χ4n) is 1.57. The molecule has 0 aromatic carbocycles. The summed E-state index contributed by atoms with van der Waals surface area (Å²) in [5.74, 6) is 0.0384. The third-order valence-electron chi connectivity index (χ3n) is 2.42. The van der Waals surface area contributed by atoms with Gasteiger partial charge in [0.05, 0.1) is 0 Å². The van der Waals surface area contributed by atoms with Crippen LogP contribution in [0.3, 0.4) is 0 Å². The van der Waals surface area contributed by atoms with Gasteiger partial charge in [0.1, 0.15) is 0 Å². The smallest absolute Gasteiger partial charge is 0.216 e. The Hall–Kier alpha value is -0.610. The minimum atomic E-state index is 0.0384. The zero-order chi connectivity index (χ0) is 9.73. The van der Waals surface area contributed by atoms with Crippen LogP contribution in [0.2, 0.25) is 0 Å². The van der Waals surface area contributed by atoms with Crippen LogP contribution in [0.15, 0.2) is 0 Å². The maximum absolute atomic E-state index is 10.6. The lowest BCUT2D eigenvalue weighted by Crippen LogP contribution is -2.47. The Bertz CT molecular complexity index is 176. The van der Waals surface area contributed by atoms with Crippen molar-refractivity contribution in [3.63, 3.8) is 0 Å². The normalized spacial score (nSPS) is 27.5. The highest BCUT2D eigenvalue weighted by Crippen LogP contribution is 2.11. The second-order valence-corrected chi connectivity index (χ2v) is 3.90. The van der Waals surface area contributed by atoms with Gasteiger partial charge in [-0.1, -0.05) is 0 Å². The zero-order valence-corrected chi connectivity index (χ0v) is 8.44. The van der Waals surface area contributed by atoms with E-state index in [-0.39, 0.29) is 11.4 Å². The van der Waals surface area contributed by atoms with Crippen LogP contribution < -0.4 is 16.0 Å². The lowest BCUT2D eigenvalue weighted by Gasteiger charge is -2.24. The van der Waals surface area contributed by atoms with Crippen molar-refractivity contribution in [1.29, 1.82) is 0 Å². The third kappa shape index (κ3) is 3.74. The van der Waals surface area contributed by atoms with Gasteiger partial charge >= 0.3 is 0 Å². The standard InChI is InChI=1S/C9H19N3O/c1-8(13)11-5-6-12-9(2)3-4-10-7-9/h10,12H,3-7H2,1-2H3,(H,11,13). The van der Waals surface area contributed by atoms with Gasteiger partial charge < -0.3 is 16.0 Å². The number of amides is 1. The molecule has 1 saturated heterocycles. The highest BCUT2D eigenvalue weighted by Gasteiger charge is 2.26. The van der Waals surface area contributed by atoms with Crippen LogP contribution in [-0.2, 0) is 4.79 Å². The molecule has 1 fully saturated rings. The maximum atomic E-state index is 10.6. The minimum Gasteiger partial charge on any atom is -0.355 e. The Labute approximate surface area is 79.5 Å². The van der Waals surface area contributed by atoms with Crippen molar-refractivity contribution in [2.75, 3.05) is 26.2 Å². The number of rotatable bonds is 4. The Balaban J connectivity index is 2.07. The van der Waals surface area contributed by atoms with E-state index >= 15 is 0 Å². The van der Waals surface area contributed by atoms with Gasteiger partial charge in [0.25, 0.3) is 0 Å². The fraction of sp³-hybridized carbons (Fsp3) is 0.889. The van der Waals surface area contributed by atoms with E-state index in [9.17, 15) is 4.79 Å². The molecular formula is C9H19N3O. The van der Waals surface area contributed by atoms with Crippen molar-refractivity contribution in [2.24, 2.45) is 0 Å². The summed E-state index contributed by atoms with van der Waals surface area (Å²) < 4.78 is 0. The van der Waals surface area contributed by atoms with Gasteiger partial charge in [0.15, 0.2) is 0 Å². The summed E-state index contributed by atoms with van der Waals surface area (Å²) >= 11 is 0. The summed E-state index contributed by atoms with van der Waals surface area (Å²) in [5.41, 5.74) is 0.221. The van der Waals surface area contributed by atoms with Gasteiger partial charge in [-0.2, -0.15) is 0 Å². The molecule has 0 radical (unpaired) electrons. The van der Waals surface area contributed by atoms with Crippen LogP contribution in [0, 0.1) is 0 Å². The molecule has 0 bridgehead atoms. The lowest BCUT2D eigenvalue weighted by atomic mass is 10.0. The molecule has 1 aliphatic heterocycles. The first-order valence-corrected chi connectivity index (χ1v) is 4.83. The van der Waals surface area contributed by atoms with Crippen LogP contribution in [0.4, 0.5) is 0 Å². The van der Waals surface area contributed by atoms with Crippen LogP contribution in [-0.4, -0.2) is 37.6 Å². The molecule has 0 aromatic rings. The Morgan fingerprint density at radius 1 is 1.54 bits per heavy atom. The number of carbonyl (C=O) groups excluding carboxylic acids is 1. The lowest BCUT2D eigenvalue weighted by molar-refractivity contribution is -0.118. The molecule has 1 rings (SSSR count). The molecule has 1 heterocycles. The summed E-state index contributed by atoms with van der Waals surface area (Å²) in [6.07, 6.45) is 1.16. The monoisotopic (exact) mass is 185 g/mol. The average molecular weight is 185 g/mol. The molecular weight excluding hydrogens is 166 g/mol. The molecule has 0 spiro atoms. The van der Waals surface area contributed by atoms with Crippen molar-refractivity contribution >= 4 is 5.91 Å². The summed E-state index contributed by atoms with van der Waals surface area (Å²) in [4.78, 5) is 10.6. The van der Waals surface area contributed by atoms with E-state index in [1.54, 1.807) is 6.92 Å². The third-order valence-corrected chi connectivity index (χ3v) is 2.42. The molecule has 1 atom stereocenters. The van der Waals surface area contributed by atoms with E-state index in [2.05, 4.69) is 22.9 Å². The van der Waals surface area contributed by atoms with E-state index in [4.69, 9.17) is 0 Å². The molecule has 4 nitrogen and oxygen atoms in total. The van der Waals surface area contributed by atoms with Crippen molar-refractivity contribution in [3.8, 4) is 0 Å². The molecule has 0 saturated carbocycles. The van der Waals surface area contributed by atoms with Crippen LogP contribution in [0.5, 0.6) is 0 Å². The highest BCUT2D eigenvalue weighted by molar-refractivity contribution is 5.72. The van der Waals surface area contributed by atoms with Crippen LogP contribution >= 0.6 is 0 Å². The van der Waals surface area contributed by atoms with E-state index in [0.717, 1.165) is 26.1 Å². The molecule has 1 amide bonds. The van der Waals surface area contributed by atoms with Gasteiger partial charge in [-0.15, -0.1) is 0 Å². The molecule has 1 unspecified atom stereocenters. The number of carbonyl (C=O) groups is 1. The van der Waals surface area contributed by atoms with Crippen molar-refractivity contribution in [2.45, 2.75) is 25.8 Å². The summed E-state index contributed by atoms with van der Waals surface area (Å²) in [5, 5.41) is 9.51. The van der Waals surface area contributed by atoms with E-state index in [1.807, 2.05) is 0 Å². The molecule has 0 aromatic heterocycles. The summed E-state index contributed by atoms with van der Waals surface area (Å²) in [6.45, 7) is 7.42. The van der Waals surface area contributed by atoms with E-state index in [0.29, 0.717) is 6.54 Å². The molecule has 4 heteroatoms. The number of hydrogen-bond donors (Lipinski definition) is 3. The SMILES string of the molecule is CC(=O)NCCNC1(C)CCNC1. The summed E-state index contributed by atoms with van der Waals surface area (Å²) in [6, 6.07) is 0. The van der Waals surface area contributed by atoms with Gasteiger partial charge in [-0.05, 0) is 19.9 Å². The van der Waals surface area contributed by atoms with E-state index < -0.39 is 0 Å². The molecule has 76 valence electrons. The fourth-order valence-corrected chi connectivity index (χ4v) is 1.57. The maximum Gasteiger partial charge on any atom is 0.216 e. The van der Waals surface area contributed by atoms with Crippen LogP contribution in [0.25, 0.3) is 0 Å². The molecule has 3 N–H and O–H groups in total. The van der Waals surface area contributed by atoms with Crippen LogP contribution in [0.1, 0.15) is 20.3 Å². The Morgan fingerprint density at radius 2 is 2.31 bits per heavy atom. The van der Waals surface area contributed by atoms with Gasteiger partial charge in [-0.3, -0.25) is 4.79 Å². The topological polar surface area (TPSA) is 53.2 Å². The predicted molar refractivity (Wildman–Crippen MR) is 52.6 cm³/mol.